The van der Waals surface area contributed by atoms with Crippen LogP contribution in [0.5, 0.6) is 0 Å². The molecule has 0 fully saturated rings. The minimum atomic E-state index is -0.586. The van der Waals surface area contributed by atoms with Crippen LogP contribution in [0, 0.1) is 0 Å². The molecular formula is C17H19Cl2N5O3. The van der Waals surface area contributed by atoms with Crippen LogP contribution in [0.3, 0.4) is 0 Å². The van der Waals surface area contributed by atoms with Crippen molar-refractivity contribution in [2.45, 2.75) is 19.6 Å². The number of benzene rings is 1. The van der Waals surface area contributed by atoms with Gasteiger partial charge in [0.05, 0.1) is 12.6 Å². The van der Waals surface area contributed by atoms with Gasteiger partial charge < -0.3 is 15.0 Å². The second kappa shape index (κ2) is 7.38. The van der Waals surface area contributed by atoms with Crippen molar-refractivity contribution in [1.82, 2.24) is 18.7 Å². The van der Waals surface area contributed by atoms with Gasteiger partial charge in [-0.2, -0.15) is 4.98 Å². The average Bonchev–Trinajstić information content (AvgIpc) is 2.93. The lowest BCUT2D eigenvalue weighted by atomic mass is 10.2. The van der Waals surface area contributed by atoms with Gasteiger partial charge in [-0.05, 0) is 24.6 Å². The van der Waals surface area contributed by atoms with Crippen molar-refractivity contribution in [2.24, 2.45) is 14.1 Å². The summed E-state index contributed by atoms with van der Waals surface area (Å²) in [6.45, 7) is 1.91. The molecule has 1 aromatic carbocycles. The molecule has 0 saturated heterocycles. The molecular weight excluding hydrogens is 393 g/mol. The van der Waals surface area contributed by atoms with Gasteiger partial charge in [-0.15, -0.1) is 0 Å². The van der Waals surface area contributed by atoms with Crippen molar-refractivity contribution >= 4 is 40.3 Å². The molecule has 0 unspecified atom stereocenters. The molecule has 0 bridgehead atoms. The maximum absolute atomic E-state index is 13.0. The molecule has 0 radical (unpaired) electrons. The molecule has 2 N–H and O–H groups in total. The van der Waals surface area contributed by atoms with E-state index in [9.17, 15) is 14.7 Å². The number of halogens is 2. The number of hydrogen-bond acceptors (Lipinski definition) is 5. The fourth-order valence-corrected chi connectivity index (χ4v) is 3.27. The Hall–Kier alpha value is -2.29. The third-order valence-electron chi connectivity index (χ3n) is 4.26. The van der Waals surface area contributed by atoms with Crippen molar-refractivity contribution in [2.75, 3.05) is 11.9 Å². The summed E-state index contributed by atoms with van der Waals surface area (Å²) in [5.41, 5.74) is 0.168. The Bertz CT molecular complexity index is 1130. The standard InChI is InChI=1S/C17H19Cl2N5O3/c1-9(25)7-20-16-21-14-13(22(16)2)15(26)24(17(27)23(14)3)8-10-4-5-11(18)6-12(10)19/h4-6,9,25H,7-8H2,1-3H3,(H,20,21)/t9-/m0/s1. The zero-order valence-corrected chi connectivity index (χ0v) is 16.5. The lowest BCUT2D eigenvalue weighted by molar-refractivity contribution is 0.208. The van der Waals surface area contributed by atoms with E-state index >= 15 is 0 Å². The van der Waals surface area contributed by atoms with E-state index in [0.717, 1.165) is 4.57 Å². The molecule has 10 heteroatoms. The number of nitrogens with zero attached hydrogens (tertiary/aromatic N) is 4. The van der Waals surface area contributed by atoms with Crippen LogP contribution in [-0.2, 0) is 20.6 Å². The molecule has 0 amide bonds. The molecule has 27 heavy (non-hydrogen) atoms. The van der Waals surface area contributed by atoms with E-state index in [1.165, 1.54) is 4.57 Å². The summed E-state index contributed by atoms with van der Waals surface area (Å²) in [7, 11) is 3.22. The normalized spacial score (nSPS) is 12.5. The quantitative estimate of drug-likeness (QED) is 0.664. The number of anilines is 1. The molecule has 1 atom stereocenters. The highest BCUT2D eigenvalue weighted by Crippen LogP contribution is 2.21. The topological polar surface area (TPSA) is 94.1 Å². The first-order valence-corrected chi connectivity index (χ1v) is 8.98. The number of hydrogen-bond donors (Lipinski definition) is 2. The third kappa shape index (κ3) is 3.60. The SMILES string of the molecule is C[C@H](O)CNc1nc2c(c(=O)n(Cc3ccc(Cl)cc3Cl)c(=O)n2C)n1C. The summed E-state index contributed by atoms with van der Waals surface area (Å²) in [6, 6.07) is 4.90. The van der Waals surface area contributed by atoms with E-state index < -0.39 is 17.4 Å². The molecule has 144 valence electrons. The highest BCUT2D eigenvalue weighted by molar-refractivity contribution is 6.35. The maximum atomic E-state index is 13.0. The van der Waals surface area contributed by atoms with E-state index in [0.29, 0.717) is 21.6 Å². The van der Waals surface area contributed by atoms with Crippen LogP contribution >= 0.6 is 23.2 Å². The molecule has 3 rings (SSSR count). The zero-order chi connectivity index (χ0) is 19.9. The summed E-state index contributed by atoms with van der Waals surface area (Å²) in [5.74, 6) is 0.389. The first kappa shape index (κ1) is 19.5. The lowest BCUT2D eigenvalue weighted by Crippen LogP contribution is -2.39. The van der Waals surface area contributed by atoms with Crippen LogP contribution in [0.1, 0.15) is 12.5 Å². The Kier molecular flexibility index (Phi) is 5.32. The van der Waals surface area contributed by atoms with Crippen LogP contribution < -0.4 is 16.6 Å². The largest absolute Gasteiger partial charge is 0.392 e. The molecule has 0 aliphatic carbocycles. The van der Waals surface area contributed by atoms with Crippen molar-refractivity contribution in [3.8, 4) is 0 Å². The van der Waals surface area contributed by atoms with Gasteiger partial charge in [-0.25, -0.2) is 4.79 Å². The number of aromatic nitrogens is 4. The van der Waals surface area contributed by atoms with E-state index in [1.54, 1.807) is 43.8 Å². The van der Waals surface area contributed by atoms with E-state index in [1.807, 2.05) is 0 Å². The predicted octanol–water partition coefficient (Wildman–Crippen LogP) is 1.58. The number of nitrogens with one attached hydrogen (secondary N) is 1. The van der Waals surface area contributed by atoms with Crippen LogP contribution in [0.2, 0.25) is 10.0 Å². The van der Waals surface area contributed by atoms with Crippen molar-refractivity contribution in [3.63, 3.8) is 0 Å². The summed E-state index contributed by atoms with van der Waals surface area (Å²) in [4.78, 5) is 30.0. The third-order valence-corrected chi connectivity index (χ3v) is 4.85. The highest BCUT2D eigenvalue weighted by Gasteiger charge is 2.19. The number of aryl methyl sites for hydroxylation is 2. The number of imidazole rings is 1. The smallest absolute Gasteiger partial charge is 0.332 e. The first-order valence-electron chi connectivity index (χ1n) is 8.22. The molecule has 0 aliphatic rings. The monoisotopic (exact) mass is 411 g/mol. The van der Waals surface area contributed by atoms with Crippen LogP contribution in [0.4, 0.5) is 5.95 Å². The van der Waals surface area contributed by atoms with Gasteiger partial charge in [0.25, 0.3) is 5.56 Å². The molecule has 8 nitrogen and oxygen atoms in total. The highest BCUT2D eigenvalue weighted by atomic mass is 35.5. The molecule has 2 heterocycles. The van der Waals surface area contributed by atoms with Gasteiger partial charge in [0, 0.05) is 30.7 Å². The van der Waals surface area contributed by atoms with Crippen molar-refractivity contribution in [3.05, 3.63) is 54.6 Å². The summed E-state index contributed by atoms with van der Waals surface area (Å²) in [5, 5.41) is 13.3. The fraction of sp³-hybridized carbons (Fsp3) is 0.353. The van der Waals surface area contributed by atoms with E-state index in [-0.39, 0.29) is 24.3 Å². The molecule has 3 aromatic rings. The minimum Gasteiger partial charge on any atom is -0.392 e. The maximum Gasteiger partial charge on any atom is 0.332 e. The summed E-state index contributed by atoms with van der Waals surface area (Å²) >= 11 is 12.1. The van der Waals surface area contributed by atoms with Crippen LogP contribution in [-0.4, -0.2) is 36.4 Å². The Morgan fingerprint density at radius 3 is 2.56 bits per heavy atom. The molecule has 2 aromatic heterocycles. The van der Waals surface area contributed by atoms with Gasteiger partial charge in [0.1, 0.15) is 0 Å². The number of fused-ring (bicyclic) bond motifs is 1. The van der Waals surface area contributed by atoms with Gasteiger partial charge in [-0.3, -0.25) is 13.9 Å². The van der Waals surface area contributed by atoms with Gasteiger partial charge >= 0.3 is 5.69 Å². The number of rotatable bonds is 5. The van der Waals surface area contributed by atoms with E-state index in [4.69, 9.17) is 23.2 Å². The fourth-order valence-electron chi connectivity index (χ4n) is 2.80. The number of aliphatic hydroxyl groups excluding tert-OH is 1. The molecule has 0 spiro atoms. The van der Waals surface area contributed by atoms with Crippen molar-refractivity contribution in [1.29, 1.82) is 0 Å². The predicted molar refractivity (Wildman–Crippen MR) is 106 cm³/mol. The van der Waals surface area contributed by atoms with Gasteiger partial charge in [0.15, 0.2) is 11.2 Å². The second-order valence-corrected chi connectivity index (χ2v) is 7.21. The minimum absolute atomic E-state index is 0.0130. The zero-order valence-electron chi connectivity index (χ0n) is 15.0. The summed E-state index contributed by atoms with van der Waals surface area (Å²) < 4.78 is 3.99. The van der Waals surface area contributed by atoms with Crippen LogP contribution in [0.25, 0.3) is 11.2 Å². The Morgan fingerprint density at radius 2 is 1.93 bits per heavy atom. The number of aliphatic hydroxyl groups is 1. The second-order valence-electron chi connectivity index (χ2n) is 6.37. The first-order chi connectivity index (χ1) is 12.7. The summed E-state index contributed by atoms with van der Waals surface area (Å²) in [6.07, 6.45) is -0.586. The van der Waals surface area contributed by atoms with Crippen LogP contribution in [0.15, 0.2) is 27.8 Å². The Balaban J connectivity index is 2.15. The molecule has 0 saturated carbocycles. The Morgan fingerprint density at radius 1 is 1.22 bits per heavy atom. The van der Waals surface area contributed by atoms with Gasteiger partial charge in [-0.1, -0.05) is 29.3 Å². The molecule has 0 aliphatic heterocycles. The Labute approximate surface area is 164 Å². The van der Waals surface area contributed by atoms with Gasteiger partial charge in [0.2, 0.25) is 5.95 Å². The van der Waals surface area contributed by atoms with Crippen molar-refractivity contribution < 1.29 is 5.11 Å². The lowest BCUT2D eigenvalue weighted by Gasteiger charge is -2.10. The van der Waals surface area contributed by atoms with E-state index in [2.05, 4.69) is 10.3 Å². The average molecular weight is 412 g/mol.